The van der Waals surface area contributed by atoms with Crippen molar-refractivity contribution in [1.82, 2.24) is 10.3 Å². The topological polar surface area (TPSA) is 120 Å². The number of aliphatic hydroxyl groups excluding tert-OH is 2. The van der Waals surface area contributed by atoms with Crippen LogP contribution in [0.15, 0.2) is 29.4 Å². The van der Waals surface area contributed by atoms with Gasteiger partial charge in [0.25, 0.3) is 0 Å². The first-order valence-corrected chi connectivity index (χ1v) is 12.3. The molecule has 0 radical (unpaired) electrons. The summed E-state index contributed by atoms with van der Waals surface area (Å²) in [5, 5.41) is 27.9. The maximum Gasteiger partial charge on any atom is 0.245 e. The van der Waals surface area contributed by atoms with Gasteiger partial charge in [0.2, 0.25) is 11.8 Å². The molecule has 10 nitrogen and oxygen atoms in total. The molecule has 1 aromatic carbocycles. The second-order valence-electron chi connectivity index (χ2n) is 8.64. The van der Waals surface area contributed by atoms with Crippen molar-refractivity contribution in [3.63, 3.8) is 0 Å². The molecule has 0 fully saturated rings. The highest BCUT2D eigenvalue weighted by Gasteiger charge is 2.22. The fourth-order valence-corrected chi connectivity index (χ4v) is 4.02. The van der Waals surface area contributed by atoms with Crippen LogP contribution in [0.5, 0.6) is 5.75 Å². The predicted molar refractivity (Wildman–Crippen MR) is 140 cm³/mol. The lowest BCUT2D eigenvalue weighted by molar-refractivity contribution is -0.124. The van der Waals surface area contributed by atoms with Crippen molar-refractivity contribution < 1.29 is 24.5 Å². The third kappa shape index (κ3) is 6.64. The second kappa shape index (κ2) is 12.5. The maximum absolute atomic E-state index is 11.2. The Morgan fingerprint density at radius 1 is 1.22 bits per heavy atom. The van der Waals surface area contributed by atoms with Gasteiger partial charge in [-0.3, -0.25) is 4.79 Å². The highest BCUT2D eigenvalue weighted by atomic mass is 16.5. The van der Waals surface area contributed by atoms with Crippen LogP contribution in [-0.2, 0) is 16.0 Å². The molecule has 0 aliphatic carbocycles. The minimum Gasteiger partial charge on any atom is -0.490 e. The van der Waals surface area contributed by atoms with Gasteiger partial charge in [-0.05, 0) is 63.4 Å². The minimum atomic E-state index is -0.898. The zero-order chi connectivity index (χ0) is 26.2. The molecule has 3 rings (SSSR count). The average molecular weight is 500 g/mol. The van der Waals surface area contributed by atoms with Crippen LogP contribution in [0.4, 0.5) is 11.5 Å². The van der Waals surface area contributed by atoms with E-state index in [0.29, 0.717) is 18.4 Å². The molecule has 2 heterocycles. The third-order valence-electron chi connectivity index (χ3n) is 5.92. The van der Waals surface area contributed by atoms with Gasteiger partial charge >= 0.3 is 0 Å². The van der Waals surface area contributed by atoms with Crippen molar-refractivity contribution in [3.8, 4) is 5.75 Å². The Balaban J connectivity index is 1.77. The first kappa shape index (κ1) is 27.2. The largest absolute Gasteiger partial charge is 0.490 e. The summed E-state index contributed by atoms with van der Waals surface area (Å²) in [5.41, 5.74) is 4.55. The van der Waals surface area contributed by atoms with Gasteiger partial charge in [-0.25, -0.2) is 9.99 Å². The molecule has 36 heavy (non-hydrogen) atoms. The van der Waals surface area contributed by atoms with Gasteiger partial charge < -0.3 is 29.9 Å². The first-order valence-electron chi connectivity index (χ1n) is 12.3. The summed E-state index contributed by atoms with van der Waals surface area (Å²) < 4.78 is 11.9. The minimum absolute atomic E-state index is 0.00291. The summed E-state index contributed by atoms with van der Waals surface area (Å²) in [5.74, 6) is 1.60. The molecule has 1 aromatic heterocycles. The fourth-order valence-electron chi connectivity index (χ4n) is 4.02. The van der Waals surface area contributed by atoms with Crippen LogP contribution in [0.1, 0.15) is 43.2 Å². The first-order chi connectivity index (χ1) is 17.3. The van der Waals surface area contributed by atoms with Crippen LogP contribution in [0.25, 0.3) is 0 Å². The average Bonchev–Trinajstić information content (AvgIpc) is 3.37. The SMILES string of the molecule is CCc1cc(C2=NN(c3cc(C)nc(N(CC)CC)c3)CO2)cc(C)c1OCC(O)CNC(=O)CO. The Bertz CT molecular complexity index is 1090. The van der Waals surface area contributed by atoms with Crippen molar-refractivity contribution in [3.05, 3.63) is 46.6 Å². The number of aromatic nitrogens is 1. The summed E-state index contributed by atoms with van der Waals surface area (Å²) in [6.07, 6.45) is -0.180. The third-order valence-corrected chi connectivity index (χ3v) is 5.92. The molecule has 3 N–H and O–H groups in total. The predicted octanol–water partition coefficient (Wildman–Crippen LogP) is 2.11. The summed E-state index contributed by atoms with van der Waals surface area (Å²) in [4.78, 5) is 18.0. The molecular formula is C26H37N5O5. The molecule has 1 amide bonds. The number of anilines is 2. The molecule has 196 valence electrons. The van der Waals surface area contributed by atoms with E-state index in [4.69, 9.17) is 19.7 Å². The van der Waals surface area contributed by atoms with Crippen LogP contribution < -0.4 is 20.0 Å². The lowest BCUT2D eigenvalue weighted by atomic mass is 10.0. The molecule has 0 spiro atoms. The summed E-state index contributed by atoms with van der Waals surface area (Å²) in [6, 6.07) is 7.97. The molecule has 1 aliphatic rings. The number of aryl methyl sites for hydroxylation is 3. The summed E-state index contributed by atoms with van der Waals surface area (Å²) >= 11 is 0. The number of hydrogen-bond donors (Lipinski definition) is 3. The number of ether oxygens (including phenoxy) is 2. The molecule has 0 saturated carbocycles. The quantitative estimate of drug-likeness (QED) is 0.406. The molecule has 1 unspecified atom stereocenters. The van der Waals surface area contributed by atoms with Gasteiger partial charge in [0.1, 0.15) is 30.9 Å². The van der Waals surface area contributed by atoms with Crippen LogP contribution in [0, 0.1) is 13.8 Å². The van der Waals surface area contributed by atoms with Crippen LogP contribution >= 0.6 is 0 Å². The molecule has 10 heteroatoms. The smallest absolute Gasteiger partial charge is 0.245 e. The second-order valence-corrected chi connectivity index (χ2v) is 8.64. The van der Waals surface area contributed by atoms with Crippen molar-refractivity contribution >= 4 is 23.3 Å². The van der Waals surface area contributed by atoms with Crippen LogP contribution in [0.2, 0.25) is 0 Å². The molecule has 0 saturated heterocycles. The van der Waals surface area contributed by atoms with E-state index in [2.05, 4.69) is 29.0 Å². The van der Waals surface area contributed by atoms with E-state index in [9.17, 15) is 9.90 Å². The van der Waals surface area contributed by atoms with E-state index in [1.54, 1.807) is 0 Å². The van der Waals surface area contributed by atoms with Gasteiger partial charge in [-0.15, -0.1) is 5.10 Å². The Labute approximate surface area is 212 Å². The van der Waals surface area contributed by atoms with Gasteiger partial charge in [-0.2, -0.15) is 0 Å². The van der Waals surface area contributed by atoms with Gasteiger partial charge in [0.15, 0.2) is 6.73 Å². The van der Waals surface area contributed by atoms with E-state index in [1.165, 1.54) is 0 Å². The zero-order valence-electron chi connectivity index (χ0n) is 21.7. The van der Waals surface area contributed by atoms with Gasteiger partial charge in [-0.1, -0.05) is 6.92 Å². The number of pyridine rings is 1. The van der Waals surface area contributed by atoms with Crippen molar-refractivity contribution in [2.75, 3.05) is 49.5 Å². The Hall–Kier alpha value is -3.37. The Kier molecular flexibility index (Phi) is 9.49. The molecule has 1 aliphatic heterocycles. The number of hydrogen-bond acceptors (Lipinski definition) is 9. The number of benzene rings is 1. The lowest BCUT2D eigenvalue weighted by Gasteiger charge is -2.22. The molecule has 2 aromatic rings. The lowest BCUT2D eigenvalue weighted by Crippen LogP contribution is -2.36. The summed E-state index contributed by atoms with van der Waals surface area (Å²) in [6.45, 7) is 11.6. The standard InChI is InChI=1S/C26H37N5O5/c1-6-19-11-20(9-17(4)25(19)35-15-22(33)13-27-24(34)14-32)26-29-31(16-36-26)21-10-18(5)28-23(12-21)30(7-2)8-3/h9-12,22,32-33H,6-8,13-16H2,1-5H3,(H,27,34). The van der Waals surface area contributed by atoms with Crippen molar-refractivity contribution in [2.24, 2.45) is 5.10 Å². The Morgan fingerprint density at radius 3 is 2.64 bits per heavy atom. The van der Waals surface area contributed by atoms with Crippen LogP contribution in [0.3, 0.4) is 0 Å². The number of amides is 1. The van der Waals surface area contributed by atoms with Gasteiger partial charge in [0.05, 0.1) is 5.69 Å². The normalized spacial score (nSPS) is 13.8. The zero-order valence-corrected chi connectivity index (χ0v) is 21.7. The number of carbonyl (C=O) groups is 1. The molecule has 1 atom stereocenters. The number of nitrogens with one attached hydrogen (secondary N) is 1. The number of hydrazone groups is 1. The highest BCUT2D eigenvalue weighted by Crippen LogP contribution is 2.29. The van der Waals surface area contributed by atoms with E-state index < -0.39 is 18.6 Å². The number of aliphatic hydroxyl groups is 2. The Morgan fingerprint density at radius 2 is 1.97 bits per heavy atom. The number of nitrogens with zero attached hydrogens (tertiary/aromatic N) is 4. The fraction of sp³-hybridized carbons (Fsp3) is 0.500. The van der Waals surface area contributed by atoms with E-state index in [1.807, 2.05) is 50.0 Å². The van der Waals surface area contributed by atoms with E-state index >= 15 is 0 Å². The van der Waals surface area contributed by atoms with Crippen molar-refractivity contribution in [2.45, 2.75) is 47.1 Å². The van der Waals surface area contributed by atoms with Crippen molar-refractivity contribution in [1.29, 1.82) is 0 Å². The van der Waals surface area contributed by atoms with E-state index in [0.717, 1.165) is 53.4 Å². The molecular weight excluding hydrogens is 462 g/mol. The van der Waals surface area contributed by atoms with Crippen LogP contribution in [-0.4, -0.2) is 72.7 Å². The number of rotatable bonds is 12. The monoisotopic (exact) mass is 499 g/mol. The molecule has 0 bridgehead atoms. The maximum atomic E-state index is 11.2. The number of carbonyl (C=O) groups excluding carboxylic acids is 1. The van der Waals surface area contributed by atoms with Gasteiger partial charge in [0, 0.05) is 37.0 Å². The summed E-state index contributed by atoms with van der Waals surface area (Å²) in [7, 11) is 0. The van der Waals surface area contributed by atoms with E-state index in [-0.39, 0.29) is 13.2 Å². The highest BCUT2D eigenvalue weighted by molar-refractivity contribution is 5.96.